The van der Waals surface area contributed by atoms with Crippen molar-refractivity contribution in [2.24, 2.45) is 5.84 Å². The summed E-state index contributed by atoms with van der Waals surface area (Å²) in [5.74, 6) is 2.03. The summed E-state index contributed by atoms with van der Waals surface area (Å²) in [6.45, 7) is 0.187. The summed E-state index contributed by atoms with van der Waals surface area (Å²) in [6, 6.07) is 2.53. The van der Waals surface area contributed by atoms with Crippen molar-refractivity contribution in [1.29, 1.82) is 0 Å². The molecule has 0 spiro atoms. The van der Waals surface area contributed by atoms with Crippen LogP contribution in [0.1, 0.15) is 19.8 Å². The number of alkyl halides is 3. The van der Waals surface area contributed by atoms with Gasteiger partial charge in [0.1, 0.15) is 30.7 Å². The number of hydrazine groups is 1. The number of anilines is 1. The largest absolute Gasteiger partial charge is 0.345 e. The first-order valence-electron chi connectivity index (χ1n) is 9.75. The molecule has 3 aromatic heterocycles. The lowest BCUT2D eigenvalue weighted by Gasteiger charge is -2.29. The minimum absolute atomic E-state index is 0.0670. The number of carbonyl (C=O) groups excluding carboxylic acids is 1. The molecule has 4 heterocycles. The number of carbonyl (C=O) groups is 1. The van der Waals surface area contributed by atoms with Crippen LogP contribution >= 0.6 is 0 Å². The highest BCUT2D eigenvalue weighted by Gasteiger charge is 2.42. The standard InChI is InChI=1S/C19H21F3N8O/c1-2-19(21,22)9-30(23)17(31)14-6-11(20)8-29(14)18-27-10-26-16(28-18)13-7-25-15-12(13)4-3-5-24-15/h3-5,7,10-11,14H,2,6,8-9,23H2,1H3,(H,24,25)/t11-,14+/m1/s1. The molecular weight excluding hydrogens is 413 g/mol. The summed E-state index contributed by atoms with van der Waals surface area (Å²) in [6.07, 6.45) is 2.57. The zero-order valence-corrected chi connectivity index (χ0v) is 16.7. The number of hydrogen-bond acceptors (Lipinski definition) is 7. The van der Waals surface area contributed by atoms with E-state index in [2.05, 4.69) is 24.9 Å². The number of rotatable bonds is 6. The van der Waals surface area contributed by atoms with Crippen molar-refractivity contribution in [3.05, 3.63) is 30.9 Å². The molecule has 0 saturated carbocycles. The van der Waals surface area contributed by atoms with E-state index in [4.69, 9.17) is 5.84 Å². The predicted octanol–water partition coefficient (Wildman–Crippen LogP) is 2.08. The van der Waals surface area contributed by atoms with Crippen LogP contribution in [0.2, 0.25) is 0 Å². The Labute approximate surface area is 175 Å². The number of amides is 1. The molecule has 164 valence electrons. The number of aromatic nitrogens is 5. The molecule has 0 radical (unpaired) electrons. The van der Waals surface area contributed by atoms with Crippen molar-refractivity contribution in [3.63, 3.8) is 0 Å². The van der Waals surface area contributed by atoms with E-state index in [9.17, 15) is 18.0 Å². The molecule has 0 aromatic carbocycles. The van der Waals surface area contributed by atoms with Gasteiger partial charge in [-0.1, -0.05) is 6.92 Å². The van der Waals surface area contributed by atoms with Crippen LogP contribution in [0, 0.1) is 0 Å². The van der Waals surface area contributed by atoms with Gasteiger partial charge in [0.25, 0.3) is 11.8 Å². The van der Waals surface area contributed by atoms with E-state index < -0.39 is 37.0 Å². The molecule has 0 aliphatic carbocycles. The summed E-state index contributed by atoms with van der Waals surface area (Å²) in [5.41, 5.74) is 1.31. The van der Waals surface area contributed by atoms with Crippen LogP contribution in [0.25, 0.3) is 22.4 Å². The van der Waals surface area contributed by atoms with Gasteiger partial charge >= 0.3 is 0 Å². The molecule has 3 aromatic rings. The Kier molecular flexibility index (Phi) is 5.48. The lowest BCUT2D eigenvalue weighted by Crippen LogP contribution is -2.52. The molecule has 3 N–H and O–H groups in total. The van der Waals surface area contributed by atoms with Crippen LogP contribution in [0.3, 0.4) is 0 Å². The average molecular weight is 434 g/mol. The van der Waals surface area contributed by atoms with Gasteiger partial charge in [-0.05, 0) is 12.1 Å². The molecule has 0 bridgehead atoms. The first-order chi connectivity index (χ1) is 14.8. The van der Waals surface area contributed by atoms with Crippen LogP contribution in [0.5, 0.6) is 0 Å². The Balaban J connectivity index is 1.62. The molecule has 1 fully saturated rings. The third-order valence-corrected chi connectivity index (χ3v) is 5.25. The fourth-order valence-electron chi connectivity index (χ4n) is 3.57. The molecule has 4 rings (SSSR count). The molecule has 0 unspecified atom stereocenters. The highest BCUT2D eigenvalue weighted by molar-refractivity contribution is 5.91. The van der Waals surface area contributed by atoms with Gasteiger partial charge in [0.05, 0.1) is 6.54 Å². The van der Waals surface area contributed by atoms with Crippen LogP contribution in [0.4, 0.5) is 19.1 Å². The third kappa shape index (κ3) is 4.15. The monoisotopic (exact) mass is 434 g/mol. The van der Waals surface area contributed by atoms with Crippen LogP contribution in [-0.4, -0.2) is 67.1 Å². The first kappa shape index (κ1) is 21.0. The second kappa shape index (κ2) is 8.10. The lowest BCUT2D eigenvalue weighted by atomic mass is 10.1. The molecule has 1 saturated heterocycles. The number of pyridine rings is 1. The molecule has 31 heavy (non-hydrogen) atoms. The van der Waals surface area contributed by atoms with Gasteiger partial charge in [0.2, 0.25) is 5.95 Å². The van der Waals surface area contributed by atoms with E-state index in [-0.39, 0.29) is 18.9 Å². The summed E-state index contributed by atoms with van der Waals surface area (Å²) in [4.78, 5) is 34.0. The van der Waals surface area contributed by atoms with Crippen molar-refractivity contribution in [2.45, 2.75) is 37.9 Å². The van der Waals surface area contributed by atoms with Gasteiger partial charge < -0.3 is 9.88 Å². The molecule has 12 heteroatoms. The third-order valence-electron chi connectivity index (χ3n) is 5.25. The van der Waals surface area contributed by atoms with Gasteiger partial charge in [-0.15, -0.1) is 0 Å². The van der Waals surface area contributed by atoms with Gasteiger partial charge in [0.15, 0.2) is 5.82 Å². The van der Waals surface area contributed by atoms with E-state index in [0.717, 1.165) is 5.39 Å². The summed E-state index contributed by atoms with van der Waals surface area (Å²) >= 11 is 0. The Bertz CT molecular complexity index is 1090. The molecular formula is C19H21F3N8O. The molecule has 1 aliphatic rings. The van der Waals surface area contributed by atoms with Crippen molar-refractivity contribution >= 4 is 22.9 Å². The summed E-state index contributed by atoms with van der Waals surface area (Å²) in [7, 11) is 0. The number of nitrogens with two attached hydrogens (primary N) is 1. The Morgan fingerprint density at radius 3 is 2.97 bits per heavy atom. The SMILES string of the molecule is CCC(F)(F)CN(N)C(=O)[C@@H]1C[C@@H](F)CN1c1ncnc(-c2c[nH]c3ncccc23)n1. The maximum atomic E-state index is 14.2. The van der Waals surface area contributed by atoms with E-state index >= 15 is 0 Å². The van der Waals surface area contributed by atoms with Crippen molar-refractivity contribution in [2.75, 3.05) is 18.0 Å². The Morgan fingerprint density at radius 2 is 2.19 bits per heavy atom. The van der Waals surface area contributed by atoms with Crippen molar-refractivity contribution in [1.82, 2.24) is 29.9 Å². The van der Waals surface area contributed by atoms with Gasteiger partial charge in [-0.25, -0.2) is 34.0 Å². The Hall–Kier alpha value is -3.28. The van der Waals surface area contributed by atoms with E-state index in [1.54, 1.807) is 18.5 Å². The number of halogens is 3. The van der Waals surface area contributed by atoms with Crippen molar-refractivity contribution < 1.29 is 18.0 Å². The second-order valence-electron chi connectivity index (χ2n) is 7.39. The maximum absolute atomic E-state index is 14.2. The topological polar surface area (TPSA) is 117 Å². The number of aromatic amines is 1. The summed E-state index contributed by atoms with van der Waals surface area (Å²) < 4.78 is 41.6. The van der Waals surface area contributed by atoms with Crippen LogP contribution in [0.15, 0.2) is 30.9 Å². The number of H-pyrrole nitrogens is 1. The van der Waals surface area contributed by atoms with E-state index in [1.807, 2.05) is 6.07 Å². The average Bonchev–Trinajstić information content (AvgIpc) is 3.36. The lowest BCUT2D eigenvalue weighted by molar-refractivity contribution is -0.138. The molecule has 1 amide bonds. The number of hydrogen-bond donors (Lipinski definition) is 2. The van der Waals surface area contributed by atoms with Crippen molar-refractivity contribution in [3.8, 4) is 11.4 Å². The van der Waals surface area contributed by atoms with Crippen LogP contribution < -0.4 is 10.7 Å². The van der Waals surface area contributed by atoms with Gasteiger partial charge in [0, 0.05) is 36.2 Å². The molecule has 9 nitrogen and oxygen atoms in total. The quantitative estimate of drug-likeness (QED) is 0.347. The number of nitrogens with zero attached hydrogens (tertiary/aromatic N) is 6. The second-order valence-corrected chi connectivity index (χ2v) is 7.39. The number of fused-ring (bicyclic) bond motifs is 1. The zero-order chi connectivity index (χ0) is 22.2. The molecule has 2 atom stereocenters. The minimum atomic E-state index is -3.13. The minimum Gasteiger partial charge on any atom is -0.345 e. The first-order valence-corrected chi connectivity index (χ1v) is 9.75. The van der Waals surface area contributed by atoms with E-state index in [0.29, 0.717) is 22.0 Å². The highest BCUT2D eigenvalue weighted by Crippen LogP contribution is 2.29. The summed E-state index contributed by atoms with van der Waals surface area (Å²) in [5, 5.41) is 1.24. The fraction of sp³-hybridized carbons (Fsp3) is 0.421. The Morgan fingerprint density at radius 1 is 1.39 bits per heavy atom. The van der Waals surface area contributed by atoms with Gasteiger partial charge in [-0.3, -0.25) is 9.80 Å². The molecule has 1 aliphatic heterocycles. The maximum Gasteiger partial charge on any atom is 0.266 e. The highest BCUT2D eigenvalue weighted by atomic mass is 19.3. The van der Waals surface area contributed by atoms with E-state index in [1.165, 1.54) is 18.2 Å². The van der Waals surface area contributed by atoms with Crippen LogP contribution in [-0.2, 0) is 4.79 Å². The normalized spacial score (nSPS) is 19.2. The fourth-order valence-corrected chi connectivity index (χ4v) is 3.57. The zero-order valence-electron chi connectivity index (χ0n) is 16.7. The van der Waals surface area contributed by atoms with Gasteiger partial charge in [-0.2, -0.15) is 4.98 Å². The number of nitrogens with one attached hydrogen (secondary N) is 1. The smallest absolute Gasteiger partial charge is 0.266 e. The predicted molar refractivity (Wildman–Crippen MR) is 107 cm³/mol.